The van der Waals surface area contributed by atoms with Crippen molar-refractivity contribution in [1.82, 2.24) is 9.97 Å². The molecule has 41 heavy (non-hydrogen) atoms. The van der Waals surface area contributed by atoms with Crippen molar-refractivity contribution in [2.45, 2.75) is 24.7 Å². The van der Waals surface area contributed by atoms with Crippen molar-refractivity contribution in [3.05, 3.63) is 173 Å². The molecule has 0 atom stereocenters. The summed E-state index contributed by atoms with van der Waals surface area (Å²) in [4.78, 5) is 12.3. The first-order valence-corrected chi connectivity index (χ1v) is 14.2. The van der Waals surface area contributed by atoms with Crippen LogP contribution in [-0.4, -0.2) is 9.97 Å². The van der Waals surface area contributed by atoms with Crippen molar-refractivity contribution < 1.29 is 0 Å². The van der Waals surface area contributed by atoms with Crippen LogP contribution in [0.1, 0.15) is 47.5 Å². The van der Waals surface area contributed by atoms with Crippen LogP contribution in [0.15, 0.2) is 140 Å². The fourth-order valence-corrected chi connectivity index (χ4v) is 7.20. The predicted octanol–water partition coefficient (Wildman–Crippen LogP) is 8.95. The number of para-hydroxylation sites is 2. The molecule has 5 aromatic carbocycles. The Morgan fingerprint density at radius 3 is 1.76 bits per heavy atom. The van der Waals surface area contributed by atoms with Gasteiger partial charge in [-0.3, -0.25) is 0 Å². The van der Waals surface area contributed by atoms with Crippen LogP contribution >= 0.6 is 0 Å². The van der Waals surface area contributed by atoms with E-state index in [2.05, 4.69) is 140 Å². The Bertz CT molecular complexity index is 1880. The van der Waals surface area contributed by atoms with E-state index in [0.29, 0.717) is 0 Å². The molecule has 1 aliphatic carbocycles. The number of aromatic nitrogens is 2. The van der Waals surface area contributed by atoms with Gasteiger partial charge in [0.25, 0.3) is 0 Å². The van der Waals surface area contributed by atoms with Gasteiger partial charge in [-0.25, -0.2) is 9.97 Å². The van der Waals surface area contributed by atoms with Crippen LogP contribution < -0.4 is 4.90 Å². The van der Waals surface area contributed by atoms with Crippen molar-refractivity contribution in [2.75, 3.05) is 4.90 Å². The van der Waals surface area contributed by atoms with Crippen LogP contribution in [-0.2, 0) is 10.8 Å². The third-order valence-corrected chi connectivity index (χ3v) is 9.03. The van der Waals surface area contributed by atoms with E-state index in [-0.39, 0.29) is 5.41 Å². The fourth-order valence-electron chi connectivity index (χ4n) is 7.20. The van der Waals surface area contributed by atoms with Crippen molar-refractivity contribution in [3.8, 4) is 11.1 Å². The van der Waals surface area contributed by atoms with Crippen LogP contribution in [0.2, 0.25) is 0 Å². The quantitative estimate of drug-likeness (QED) is 0.230. The minimum atomic E-state index is -0.631. The number of hydrogen-bond donors (Lipinski definition) is 0. The molecule has 0 saturated heterocycles. The number of nitrogens with zero attached hydrogens (tertiary/aromatic N) is 3. The molecule has 3 nitrogen and oxygen atoms in total. The van der Waals surface area contributed by atoms with Crippen molar-refractivity contribution in [3.63, 3.8) is 0 Å². The third kappa shape index (κ3) is 3.20. The second-order valence-electron chi connectivity index (χ2n) is 11.5. The average Bonchev–Trinajstić information content (AvgIpc) is 3.33. The first-order valence-electron chi connectivity index (χ1n) is 14.2. The molecule has 6 aromatic rings. The van der Waals surface area contributed by atoms with Crippen LogP contribution in [0.3, 0.4) is 0 Å². The van der Waals surface area contributed by atoms with Crippen LogP contribution in [0.5, 0.6) is 0 Å². The highest BCUT2D eigenvalue weighted by molar-refractivity contribution is 5.88. The lowest BCUT2D eigenvalue weighted by Gasteiger charge is -2.43. The van der Waals surface area contributed by atoms with Gasteiger partial charge in [0.1, 0.15) is 11.2 Å². The summed E-state index contributed by atoms with van der Waals surface area (Å²) in [5.74, 6) is 0.797. The summed E-state index contributed by atoms with van der Waals surface area (Å²) in [6.07, 6.45) is 3.73. The maximum absolute atomic E-state index is 4.93. The maximum Gasteiger partial charge on any atom is 0.147 e. The zero-order chi connectivity index (χ0) is 27.6. The van der Waals surface area contributed by atoms with Gasteiger partial charge in [0.05, 0.1) is 11.4 Å². The lowest BCUT2D eigenvalue weighted by molar-refractivity contribution is 0.624. The van der Waals surface area contributed by atoms with Gasteiger partial charge in [0.2, 0.25) is 0 Å². The van der Waals surface area contributed by atoms with E-state index in [1.807, 2.05) is 18.5 Å². The SMILES string of the molecule is CC1(C)c2ccccc2N(c2ccccc2)c2ccc(C3(c4ncccn4)c4ccccc4-c4ccccc43)cc21. The minimum absolute atomic E-state index is 0.219. The molecule has 1 aromatic heterocycles. The number of rotatable bonds is 3. The number of hydrogen-bond acceptors (Lipinski definition) is 3. The Kier molecular flexibility index (Phi) is 5.08. The van der Waals surface area contributed by atoms with Crippen LogP contribution in [0.4, 0.5) is 17.1 Å². The van der Waals surface area contributed by atoms with Crippen molar-refractivity contribution in [2.24, 2.45) is 0 Å². The average molecular weight is 528 g/mol. The van der Waals surface area contributed by atoms with Gasteiger partial charge in [-0.1, -0.05) is 111 Å². The highest BCUT2D eigenvalue weighted by atomic mass is 15.2. The van der Waals surface area contributed by atoms with E-state index in [9.17, 15) is 0 Å². The number of benzene rings is 5. The Morgan fingerprint density at radius 1 is 0.512 bits per heavy atom. The normalized spacial score (nSPS) is 15.4. The standard InChI is InChI=1S/C38H29N3/c1-37(2)32-19-10-11-20-34(32)41(27-13-4-3-5-14-27)35-22-21-26(25-33(35)37)38(36-39-23-12-24-40-36)30-17-8-6-15-28(30)29-16-7-9-18-31(29)38/h3-25H,1-2H3. The molecule has 0 amide bonds. The molecular formula is C38H29N3. The van der Waals surface area contributed by atoms with Crippen LogP contribution in [0.25, 0.3) is 11.1 Å². The summed E-state index contributed by atoms with van der Waals surface area (Å²) in [6, 6.07) is 45.9. The monoisotopic (exact) mass is 527 g/mol. The third-order valence-electron chi connectivity index (χ3n) is 9.03. The van der Waals surface area contributed by atoms with Gasteiger partial charge >= 0.3 is 0 Å². The molecule has 0 radical (unpaired) electrons. The van der Waals surface area contributed by atoms with Gasteiger partial charge in [-0.15, -0.1) is 0 Å². The molecule has 3 heteroatoms. The molecule has 2 aliphatic rings. The summed E-state index contributed by atoms with van der Waals surface area (Å²) in [6.45, 7) is 4.69. The fraction of sp³-hybridized carbons (Fsp3) is 0.105. The molecule has 0 fully saturated rings. The molecule has 0 N–H and O–H groups in total. The highest BCUT2D eigenvalue weighted by Gasteiger charge is 2.49. The summed E-state index contributed by atoms with van der Waals surface area (Å²) >= 11 is 0. The highest BCUT2D eigenvalue weighted by Crippen LogP contribution is 2.58. The summed E-state index contributed by atoms with van der Waals surface area (Å²) in [5.41, 5.74) is 11.4. The molecule has 2 heterocycles. The molecule has 1 aliphatic heterocycles. The molecule has 196 valence electrons. The van der Waals surface area contributed by atoms with Gasteiger partial charge in [0.15, 0.2) is 0 Å². The maximum atomic E-state index is 4.93. The molecule has 0 saturated carbocycles. The van der Waals surface area contributed by atoms with Gasteiger partial charge in [0, 0.05) is 23.5 Å². The second-order valence-corrected chi connectivity index (χ2v) is 11.5. The summed E-state index contributed by atoms with van der Waals surface area (Å²) < 4.78 is 0. The Morgan fingerprint density at radius 2 is 1.07 bits per heavy atom. The Hall–Kier alpha value is -5.02. The molecule has 0 bridgehead atoms. The van der Waals surface area contributed by atoms with E-state index in [1.54, 1.807) is 0 Å². The Balaban J connectivity index is 1.46. The largest absolute Gasteiger partial charge is 0.310 e. The zero-order valence-corrected chi connectivity index (χ0v) is 23.1. The lowest BCUT2D eigenvalue weighted by Crippen LogP contribution is -2.34. The smallest absolute Gasteiger partial charge is 0.147 e. The number of fused-ring (bicyclic) bond motifs is 5. The van der Waals surface area contributed by atoms with E-state index in [4.69, 9.17) is 9.97 Å². The molecule has 0 spiro atoms. The van der Waals surface area contributed by atoms with Gasteiger partial charge < -0.3 is 4.90 Å². The van der Waals surface area contributed by atoms with E-state index in [1.165, 1.54) is 50.3 Å². The van der Waals surface area contributed by atoms with Crippen molar-refractivity contribution in [1.29, 1.82) is 0 Å². The summed E-state index contributed by atoms with van der Waals surface area (Å²) in [5, 5.41) is 0. The first-order chi connectivity index (χ1) is 20.1. The van der Waals surface area contributed by atoms with E-state index >= 15 is 0 Å². The van der Waals surface area contributed by atoms with Crippen LogP contribution in [0, 0.1) is 0 Å². The van der Waals surface area contributed by atoms with E-state index < -0.39 is 5.41 Å². The molecule has 0 unspecified atom stereocenters. The van der Waals surface area contributed by atoms with E-state index in [0.717, 1.165) is 11.5 Å². The second kappa shape index (κ2) is 8.74. The Labute approximate surface area is 240 Å². The van der Waals surface area contributed by atoms with Gasteiger partial charge in [-0.2, -0.15) is 0 Å². The molecular weight excluding hydrogens is 498 g/mol. The molecule has 8 rings (SSSR count). The number of anilines is 3. The zero-order valence-electron chi connectivity index (χ0n) is 23.1. The topological polar surface area (TPSA) is 29.0 Å². The first kappa shape index (κ1) is 23.8. The summed E-state index contributed by atoms with van der Waals surface area (Å²) in [7, 11) is 0. The van der Waals surface area contributed by atoms with Crippen molar-refractivity contribution >= 4 is 17.1 Å². The van der Waals surface area contributed by atoms with Gasteiger partial charge in [-0.05, 0) is 69.3 Å². The minimum Gasteiger partial charge on any atom is -0.310 e. The predicted molar refractivity (Wildman–Crippen MR) is 166 cm³/mol. The lowest BCUT2D eigenvalue weighted by atomic mass is 9.68.